The smallest absolute Gasteiger partial charge is 0.270 e. The first-order valence-corrected chi connectivity index (χ1v) is 8.64. The van der Waals surface area contributed by atoms with Crippen molar-refractivity contribution in [1.29, 1.82) is 0 Å². The van der Waals surface area contributed by atoms with Crippen molar-refractivity contribution < 1.29 is 14.5 Å². The number of methoxy groups -OCH3 is 1. The highest BCUT2D eigenvalue weighted by Crippen LogP contribution is 2.26. The Morgan fingerprint density at radius 2 is 2.00 bits per heavy atom. The Balaban J connectivity index is 1.94. The van der Waals surface area contributed by atoms with Crippen LogP contribution in [0.5, 0.6) is 5.75 Å². The van der Waals surface area contributed by atoms with Crippen LogP contribution in [-0.4, -0.2) is 27.5 Å². The summed E-state index contributed by atoms with van der Waals surface area (Å²) in [5.74, 6) is 0.840. The monoisotopic (exact) mass is 400 g/mol. The van der Waals surface area contributed by atoms with Crippen LogP contribution in [0.1, 0.15) is 27.8 Å². The summed E-state index contributed by atoms with van der Waals surface area (Å²) >= 11 is 6.09. The Hall–Kier alpha value is -3.39. The minimum atomic E-state index is -0.568. The number of halogens is 1. The molecule has 1 amide bonds. The summed E-state index contributed by atoms with van der Waals surface area (Å²) in [6, 6.07) is 10.4. The van der Waals surface area contributed by atoms with E-state index in [9.17, 15) is 14.9 Å². The number of carbonyl (C=O) groups excluding carboxylic acids is 1. The van der Waals surface area contributed by atoms with Gasteiger partial charge in [0.1, 0.15) is 17.6 Å². The summed E-state index contributed by atoms with van der Waals surface area (Å²) in [7, 11) is 3.40. The topological polar surface area (TPSA) is 99.3 Å². The second-order valence-electron chi connectivity index (χ2n) is 6.00. The van der Waals surface area contributed by atoms with Gasteiger partial charge in [0, 0.05) is 31.6 Å². The Kier molecular flexibility index (Phi) is 5.60. The van der Waals surface area contributed by atoms with Crippen LogP contribution in [0.25, 0.3) is 0 Å². The SMILES string of the molecule is COc1ccc(C(NC(=O)c2ccc([N+](=O)[O-])cc2Cl)c2nccn2C)cc1. The van der Waals surface area contributed by atoms with Crippen LogP contribution in [0.2, 0.25) is 5.02 Å². The predicted molar refractivity (Wildman–Crippen MR) is 104 cm³/mol. The Morgan fingerprint density at radius 3 is 2.54 bits per heavy atom. The van der Waals surface area contributed by atoms with Gasteiger partial charge in [-0.25, -0.2) is 4.98 Å². The molecule has 0 spiro atoms. The van der Waals surface area contributed by atoms with Gasteiger partial charge in [-0.15, -0.1) is 0 Å². The molecule has 144 valence electrons. The largest absolute Gasteiger partial charge is 0.497 e. The summed E-state index contributed by atoms with van der Waals surface area (Å²) < 4.78 is 6.98. The molecule has 2 aromatic carbocycles. The lowest BCUT2D eigenvalue weighted by Crippen LogP contribution is -2.31. The third kappa shape index (κ3) is 3.96. The molecule has 0 aliphatic rings. The number of nitro groups is 1. The van der Waals surface area contributed by atoms with Crippen molar-refractivity contribution in [1.82, 2.24) is 14.9 Å². The molecular weight excluding hydrogens is 384 g/mol. The Labute approximate surface area is 165 Å². The lowest BCUT2D eigenvalue weighted by Gasteiger charge is -2.20. The molecule has 8 nitrogen and oxygen atoms in total. The van der Waals surface area contributed by atoms with E-state index in [-0.39, 0.29) is 16.3 Å². The van der Waals surface area contributed by atoms with Crippen LogP contribution < -0.4 is 10.1 Å². The summed E-state index contributed by atoms with van der Waals surface area (Å²) in [6.07, 6.45) is 3.41. The number of benzene rings is 2. The van der Waals surface area contributed by atoms with Gasteiger partial charge in [0.05, 0.1) is 22.6 Å². The third-order valence-electron chi connectivity index (χ3n) is 4.25. The highest BCUT2D eigenvalue weighted by molar-refractivity contribution is 6.34. The van der Waals surface area contributed by atoms with Gasteiger partial charge in [-0.2, -0.15) is 0 Å². The van der Waals surface area contributed by atoms with E-state index >= 15 is 0 Å². The first-order valence-electron chi connectivity index (χ1n) is 8.26. The zero-order chi connectivity index (χ0) is 20.3. The van der Waals surface area contributed by atoms with Gasteiger partial charge < -0.3 is 14.6 Å². The molecule has 9 heteroatoms. The number of nitro benzene ring substituents is 1. The molecule has 0 fully saturated rings. The Morgan fingerprint density at radius 1 is 1.29 bits per heavy atom. The van der Waals surface area contributed by atoms with Gasteiger partial charge in [-0.05, 0) is 23.8 Å². The number of hydrogen-bond acceptors (Lipinski definition) is 5. The van der Waals surface area contributed by atoms with Gasteiger partial charge in [0.2, 0.25) is 0 Å². The number of imidazole rings is 1. The molecule has 1 atom stereocenters. The van der Waals surface area contributed by atoms with Crippen LogP contribution in [0.3, 0.4) is 0 Å². The first-order chi connectivity index (χ1) is 13.4. The number of hydrogen-bond donors (Lipinski definition) is 1. The first kappa shape index (κ1) is 19.4. The molecule has 1 aromatic heterocycles. The number of rotatable bonds is 6. The zero-order valence-electron chi connectivity index (χ0n) is 15.1. The van der Waals surface area contributed by atoms with Crippen LogP contribution >= 0.6 is 11.6 Å². The molecule has 0 saturated carbocycles. The van der Waals surface area contributed by atoms with Crippen molar-refractivity contribution in [3.05, 3.63) is 86.9 Å². The number of nitrogens with zero attached hydrogens (tertiary/aromatic N) is 3. The summed E-state index contributed by atoms with van der Waals surface area (Å²) in [6.45, 7) is 0. The van der Waals surface area contributed by atoms with Crippen LogP contribution in [0, 0.1) is 10.1 Å². The van der Waals surface area contributed by atoms with Crippen molar-refractivity contribution in [3.8, 4) is 5.75 Å². The van der Waals surface area contributed by atoms with Crippen molar-refractivity contribution in [2.75, 3.05) is 7.11 Å². The Bertz CT molecular complexity index is 1020. The molecule has 1 unspecified atom stereocenters. The van der Waals surface area contributed by atoms with E-state index in [1.54, 1.807) is 36.2 Å². The van der Waals surface area contributed by atoms with E-state index in [0.717, 1.165) is 11.6 Å². The van der Waals surface area contributed by atoms with E-state index in [2.05, 4.69) is 10.3 Å². The lowest BCUT2D eigenvalue weighted by molar-refractivity contribution is -0.384. The van der Waals surface area contributed by atoms with Crippen molar-refractivity contribution >= 4 is 23.2 Å². The summed E-state index contributed by atoms with van der Waals surface area (Å²) in [5.41, 5.74) is 0.749. The number of carbonyl (C=O) groups is 1. The van der Waals surface area contributed by atoms with Gasteiger partial charge in [-0.3, -0.25) is 14.9 Å². The average molecular weight is 401 g/mol. The van der Waals surface area contributed by atoms with Crippen LogP contribution in [0.4, 0.5) is 5.69 Å². The number of nitrogens with one attached hydrogen (secondary N) is 1. The molecule has 3 aromatic rings. The molecule has 0 bridgehead atoms. The number of aromatic nitrogens is 2. The fraction of sp³-hybridized carbons (Fsp3) is 0.158. The third-order valence-corrected chi connectivity index (χ3v) is 4.56. The fourth-order valence-corrected chi connectivity index (χ4v) is 3.02. The van der Waals surface area contributed by atoms with Crippen molar-refractivity contribution in [3.63, 3.8) is 0 Å². The average Bonchev–Trinajstić information content (AvgIpc) is 3.11. The normalized spacial score (nSPS) is 11.7. The van der Waals surface area contributed by atoms with Crippen molar-refractivity contribution in [2.45, 2.75) is 6.04 Å². The molecule has 3 rings (SSSR count). The standard InChI is InChI=1S/C19H17ClN4O4/c1-23-10-9-21-18(23)17(12-3-6-14(28-2)7-4-12)22-19(25)15-8-5-13(24(26)27)11-16(15)20/h3-11,17H,1-2H3,(H,22,25). The minimum absolute atomic E-state index is 0.0000196. The van der Waals surface area contributed by atoms with Gasteiger partial charge in [-0.1, -0.05) is 23.7 Å². The highest BCUT2D eigenvalue weighted by Gasteiger charge is 2.23. The maximum absolute atomic E-state index is 12.8. The van der Waals surface area contributed by atoms with Crippen LogP contribution in [-0.2, 0) is 7.05 Å². The van der Waals surface area contributed by atoms with E-state index < -0.39 is 16.9 Å². The molecule has 0 radical (unpaired) electrons. The number of amides is 1. The maximum Gasteiger partial charge on any atom is 0.270 e. The number of aryl methyl sites for hydroxylation is 1. The predicted octanol–water partition coefficient (Wildman–Crippen LogP) is 3.51. The minimum Gasteiger partial charge on any atom is -0.497 e. The van der Waals surface area contributed by atoms with E-state index in [4.69, 9.17) is 16.3 Å². The van der Waals surface area contributed by atoms with E-state index in [1.807, 2.05) is 19.2 Å². The second kappa shape index (κ2) is 8.10. The number of non-ortho nitro benzene ring substituents is 1. The molecule has 0 saturated heterocycles. The van der Waals surface area contributed by atoms with Gasteiger partial charge >= 0.3 is 0 Å². The molecule has 1 N–H and O–H groups in total. The highest BCUT2D eigenvalue weighted by atomic mass is 35.5. The zero-order valence-corrected chi connectivity index (χ0v) is 15.9. The maximum atomic E-state index is 12.8. The van der Waals surface area contributed by atoms with Gasteiger partial charge in [0.25, 0.3) is 11.6 Å². The molecule has 0 aliphatic carbocycles. The van der Waals surface area contributed by atoms with E-state index in [0.29, 0.717) is 11.6 Å². The molecule has 1 heterocycles. The number of ether oxygens (including phenoxy) is 1. The molecular formula is C19H17ClN4O4. The van der Waals surface area contributed by atoms with Gasteiger partial charge in [0.15, 0.2) is 0 Å². The quantitative estimate of drug-likeness (QED) is 0.504. The summed E-state index contributed by atoms with van der Waals surface area (Å²) in [5, 5.41) is 13.8. The summed E-state index contributed by atoms with van der Waals surface area (Å²) in [4.78, 5) is 27.5. The molecule has 0 aliphatic heterocycles. The van der Waals surface area contributed by atoms with Crippen molar-refractivity contribution in [2.24, 2.45) is 7.05 Å². The lowest BCUT2D eigenvalue weighted by atomic mass is 10.0. The fourth-order valence-electron chi connectivity index (χ4n) is 2.76. The molecule has 28 heavy (non-hydrogen) atoms. The second-order valence-corrected chi connectivity index (χ2v) is 6.40. The van der Waals surface area contributed by atoms with Crippen LogP contribution in [0.15, 0.2) is 54.9 Å². The van der Waals surface area contributed by atoms with E-state index in [1.165, 1.54) is 12.1 Å².